The fourth-order valence-corrected chi connectivity index (χ4v) is 2.51. The molecule has 2 heterocycles. The first kappa shape index (κ1) is 15.6. The lowest BCUT2D eigenvalue weighted by molar-refractivity contribution is -0.144. The Hall–Kier alpha value is -2.29. The number of hydrogen-bond acceptors (Lipinski definition) is 6. The smallest absolute Gasteiger partial charge is 0.431 e. The molecule has 5 nitrogen and oxygen atoms in total. The van der Waals surface area contributed by atoms with Crippen LogP contribution < -0.4 is 5.32 Å². The summed E-state index contributed by atoms with van der Waals surface area (Å²) < 4.78 is 43.0. The van der Waals surface area contributed by atoms with Crippen LogP contribution in [0.3, 0.4) is 0 Å². The van der Waals surface area contributed by atoms with Gasteiger partial charge >= 0.3 is 6.18 Å². The van der Waals surface area contributed by atoms with Crippen molar-refractivity contribution in [3.8, 4) is 0 Å². The third-order valence-electron chi connectivity index (χ3n) is 2.82. The second-order valence-corrected chi connectivity index (χ2v) is 5.53. The van der Waals surface area contributed by atoms with Gasteiger partial charge in [0.05, 0.1) is 0 Å². The summed E-state index contributed by atoms with van der Waals surface area (Å²) in [6.07, 6.45) is -3.48. The Balaban J connectivity index is 1.53. The minimum Gasteiger partial charge on any atom is -0.431 e. The van der Waals surface area contributed by atoms with E-state index in [-0.39, 0.29) is 5.82 Å². The highest BCUT2D eigenvalue weighted by Gasteiger charge is 2.34. The van der Waals surface area contributed by atoms with Crippen molar-refractivity contribution in [2.24, 2.45) is 0 Å². The zero-order chi connectivity index (χ0) is 16.3. The molecule has 1 aromatic carbocycles. The topological polar surface area (TPSA) is 63.8 Å². The molecule has 120 valence electrons. The molecular formula is C14H11F3N4OS. The highest BCUT2D eigenvalue weighted by atomic mass is 32.2. The number of para-hydroxylation sites is 2. The monoisotopic (exact) mass is 340 g/mol. The first-order valence-corrected chi connectivity index (χ1v) is 7.63. The van der Waals surface area contributed by atoms with Crippen molar-refractivity contribution in [3.05, 3.63) is 42.4 Å². The number of rotatable bonds is 5. The van der Waals surface area contributed by atoms with Crippen molar-refractivity contribution in [2.45, 2.75) is 11.4 Å². The van der Waals surface area contributed by atoms with Gasteiger partial charge in [-0.1, -0.05) is 23.9 Å². The molecule has 0 aliphatic carbocycles. The van der Waals surface area contributed by atoms with Crippen molar-refractivity contribution in [1.82, 2.24) is 15.0 Å². The second-order valence-electron chi connectivity index (χ2n) is 4.49. The fraction of sp³-hybridized carbons (Fsp3) is 0.214. The second kappa shape index (κ2) is 6.45. The number of nitrogens with zero attached hydrogens (tertiary/aromatic N) is 3. The summed E-state index contributed by atoms with van der Waals surface area (Å²) in [5.41, 5.74) is 1.47. The molecule has 0 bridgehead atoms. The molecule has 0 amide bonds. The average molecular weight is 340 g/mol. The molecule has 0 atom stereocenters. The number of benzene rings is 1. The van der Waals surface area contributed by atoms with E-state index in [1.165, 1.54) is 17.8 Å². The van der Waals surface area contributed by atoms with Gasteiger partial charge in [-0.2, -0.15) is 13.2 Å². The molecule has 0 aliphatic rings. The fourth-order valence-electron chi connectivity index (χ4n) is 1.82. The largest absolute Gasteiger partial charge is 0.451 e. The van der Waals surface area contributed by atoms with Gasteiger partial charge < -0.3 is 9.73 Å². The van der Waals surface area contributed by atoms with Gasteiger partial charge in [0.25, 0.3) is 5.22 Å². The van der Waals surface area contributed by atoms with Crippen LogP contribution in [0.5, 0.6) is 0 Å². The number of fused-ring (bicyclic) bond motifs is 1. The molecule has 0 saturated heterocycles. The molecule has 9 heteroatoms. The summed E-state index contributed by atoms with van der Waals surface area (Å²) in [5, 5.41) is 3.34. The number of hydrogen-bond donors (Lipinski definition) is 1. The standard InChI is InChI=1S/C14H11F3N4OS/c15-14(16,17)12-19-6-5-11(21-12)18-7-8-23-13-20-9-3-1-2-4-10(9)22-13/h1-6H,7-8H2,(H,18,19,21). The average Bonchev–Trinajstić information content (AvgIpc) is 2.94. The predicted octanol–water partition coefficient (Wildman–Crippen LogP) is 3.84. The van der Waals surface area contributed by atoms with E-state index in [9.17, 15) is 13.2 Å². The number of oxazole rings is 1. The van der Waals surface area contributed by atoms with Gasteiger partial charge in [-0.3, -0.25) is 0 Å². The van der Waals surface area contributed by atoms with Gasteiger partial charge in [-0.15, -0.1) is 0 Å². The molecule has 3 aromatic rings. The molecular weight excluding hydrogens is 329 g/mol. The van der Waals surface area contributed by atoms with E-state index >= 15 is 0 Å². The maximum absolute atomic E-state index is 12.5. The van der Waals surface area contributed by atoms with Crippen LogP contribution in [0.25, 0.3) is 11.1 Å². The van der Waals surface area contributed by atoms with E-state index in [1.54, 1.807) is 0 Å². The summed E-state index contributed by atoms with van der Waals surface area (Å²) in [5.74, 6) is -0.461. The molecule has 0 aliphatic heterocycles. The van der Waals surface area contributed by atoms with E-state index in [4.69, 9.17) is 4.42 Å². The lowest BCUT2D eigenvalue weighted by Gasteiger charge is -2.07. The number of halogens is 3. The van der Waals surface area contributed by atoms with Gasteiger partial charge in [-0.05, 0) is 18.2 Å². The lowest BCUT2D eigenvalue weighted by atomic mass is 10.3. The lowest BCUT2D eigenvalue weighted by Crippen LogP contribution is -2.13. The third kappa shape index (κ3) is 3.92. The van der Waals surface area contributed by atoms with Gasteiger partial charge in [-0.25, -0.2) is 15.0 Å². The Morgan fingerprint density at radius 2 is 1.96 bits per heavy atom. The van der Waals surface area contributed by atoms with Crippen molar-refractivity contribution >= 4 is 28.7 Å². The molecule has 0 fully saturated rings. The van der Waals surface area contributed by atoms with Gasteiger partial charge in [0.1, 0.15) is 11.3 Å². The van der Waals surface area contributed by atoms with Gasteiger partial charge in [0, 0.05) is 18.5 Å². The molecule has 0 radical (unpaired) electrons. The van der Waals surface area contributed by atoms with Gasteiger partial charge in [0.15, 0.2) is 5.58 Å². The number of anilines is 1. The minimum atomic E-state index is -4.55. The first-order chi connectivity index (χ1) is 11.0. The van der Waals surface area contributed by atoms with Crippen LogP contribution in [0.15, 0.2) is 46.2 Å². The Labute approximate surface area is 133 Å². The van der Waals surface area contributed by atoms with Crippen molar-refractivity contribution < 1.29 is 17.6 Å². The van der Waals surface area contributed by atoms with Crippen molar-refractivity contribution in [3.63, 3.8) is 0 Å². The Kier molecular flexibility index (Phi) is 4.37. The van der Waals surface area contributed by atoms with E-state index in [0.29, 0.717) is 23.1 Å². The zero-order valence-electron chi connectivity index (χ0n) is 11.7. The molecule has 0 spiro atoms. The maximum atomic E-state index is 12.5. The van der Waals surface area contributed by atoms with E-state index in [1.807, 2.05) is 24.3 Å². The molecule has 23 heavy (non-hydrogen) atoms. The molecule has 2 aromatic heterocycles. The highest BCUT2D eigenvalue weighted by molar-refractivity contribution is 7.99. The van der Waals surface area contributed by atoms with E-state index in [2.05, 4.69) is 20.3 Å². The predicted molar refractivity (Wildman–Crippen MR) is 80.3 cm³/mol. The normalized spacial score (nSPS) is 11.8. The molecule has 0 saturated carbocycles. The zero-order valence-corrected chi connectivity index (χ0v) is 12.5. The number of nitrogens with one attached hydrogen (secondary N) is 1. The van der Waals surface area contributed by atoms with E-state index < -0.39 is 12.0 Å². The molecule has 3 rings (SSSR count). The Bertz CT molecular complexity index is 773. The Morgan fingerprint density at radius 3 is 2.74 bits per heavy atom. The summed E-state index contributed by atoms with van der Waals surface area (Å²) >= 11 is 1.37. The summed E-state index contributed by atoms with van der Waals surface area (Å²) in [7, 11) is 0. The van der Waals surface area contributed by atoms with Crippen molar-refractivity contribution in [1.29, 1.82) is 0 Å². The number of alkyl halides is 3. The summed E-state index contributed by atoms with van der Waals surface area (Å²) in [6, 6.07) is 8.79. The highest BCUT2D eigenvalue weighted by Crippen LogP contribution is 2.26. The van der Waals surface area contributed by atoms with Crippen LogP contribution in [0.2, 0.25) is 0 Å². The van der Waals surface area contributed by atoms with Crippen LogP contribution in [-0.4, -0.2) is 27.2 Å². The third-order valence-corrected chi connectivity index (χ3v) is 3.65. The van der Waals surface area contributed by atoms with Crippen molar-refractivity contribution in [2.75, 3.05) is 17.6 Å². The Morgan fingerprint density at radius 1 is 1.13 bits per heavy atom. The van der Waals surface area contributed by atoms with Crippen LogP contribution >= 0.6 is 11.8 Å². The summed E-state index contributed by atoms with van der Waals surface area (Å²) in [6.45, 7) is 0.414. The maximum Gasteiger partial charge on any atom is 0.451 e. The number of thioether (sulfide) groups is 1. The van der Waals surface area contributed by atoms with Gasteiger partial charge in [0.2, 0.25) is 5.82 Å². The molecule has 1 N–H and O–H groups in total. The minimum absolute atomic E-state index is 0.130. The van der Waals surface area contributed by atoms with Crippen LogP contribution in [-0.2, 0) is 6.18 Å². The number of aromatic nitrogens is 3. The first-order valence-electron chi connectivity index (χ1n) is 6.65. The quantitative estimate of drug-likeness (QED) is 0.562. The van der Waals surface area contributed by atoms with Crippen LogP contribution in [0.4, 0.5) is 19.0 Å². The van der Waals surface area contributed by atoms with Crippen LogP contribution in [0.1, 0.15) is 5.82 Å². The summed E-state index contributed by atoms with van der Waals surface area (Å²) in [4.78, 5) is 10.9. The SMILES string of the molecule is FC(F)(F)c1nccc(NCCSc2nc3ccccc3o2)n1. The van der Waals surface area contributed by atoms with Crippen LogP contribution in [0, 0.1) is 0 Å². The van der Waals surface area contributed by atoms with E-state index in [0.717, 1.165) is 11.7 Å². The molecule has 0 unspecified atom stereocenters.